The minimum absolute atomic E-state index is 0.124. The van der Waals surface area contributed by atoms with E-state index >= 15 is 0 Å². The Hall–Kier alpha value is -4.58. The fourth-order valence-corrected chi connectivity index (χ4v) is 4.22. The molecule has 39 heavy (non-hydrogen) atoms. The Labute approximate surface area is 230 Å². The number of thioether (sulfide) groups is 1. The highest BCUT2D eigenvalue weighted by Crippen LogP contribution is 2.28. The molecule has 1 amide bonds. The molecule has 0 aliphatic rings. The zero-order valence-electron chi connectivity index (χ0n) is 21.8. The van der Waals surface area contributed by atoms with Crippen LogP contribution < -0.4 is 20.2 Å². The number of anilines is 1. The van der Waals surface area contributed by atoms with Crippen LogP contribution in [0.25, 0.3) is 0 Å². The number of amides is 1. The first-order valence-electron chi connectivity index (χ1n) is 12.1. The third-order valence-electron chi connectivity index (χ3n) is 5.44. The molecule has 2 N–H and O–H groups in total. The van der Waals surface area contributed by atoms with E-state index in [0.717, 1.165) is 17.1 Å². The van der Waals surface area contributed by atoms with Crippen LogP contribution in [0.15, 0.2) is 83.8 Å². The lowest BCUT2D eigenvalue weighted by molar-refractivity contribution is -0.118. The fourth-order valence-electron chi connectivity index (χ4n) is 3.46. The average molecular weight is 547 g/mol. The maximum Gasteiger partial charge on any atom is 0.250 e. The summed E-state index contributed by atoms with van der Waals surface area (Å²) in [5.74, 6) is 1.72. The fraction of sp³-hybridized carbons (Fsp3) is 0.222. The van der Waals surface area contributed by atoms with E-state index in [0.29, 0.717) is 29.7 Å². The Bertz CT molecular complexity index is 1400. The molecule has 4 aromatic rings. The van der Waals surface area contributed by atoms with Crippen molar-refractivity contribution < 1.29 is 14.3 Å². The molecular weight excluding hydrogens is 516 g/mol. The molecule has 0 atom stereocenters. The number of rotatable bonds is 14. The Morgan fingerprint density at radius 2 is 2.03 bits per heavy atom. The van der Waals surface area contributed by atoms with E-state index in [9.17, 15) is 4.79 Å². The number of ether oxygens (including phenoxy) is 2. The summed E-state index contributed by atoms with van der Waals surface area (Å²) in [6, 6.07) is 15.3. The average Bonchev–Trinajstić information content (AvgIpc) is 3.61. The van der Waals surface area contributed by atoms with Crippen LogP contribution >= 0.6 is 11.8 Å². The summed E-state index contributed by atoms with van der Waals surface area (Å²) in [5.41, 5.74) is 5.47. The number of benzene rings is 2. The lowest BCUT2D eigenvalue weighted by Crippen LogP contribution is -2.20. The van der Waals surface area contributed by atoms with E-state index in [1.165, 1.54) is 23.5 Å². The molecule has 4 rings (SSSR count). The van der Waals surface area contributed by atoms with E-state index in [1.54, 1.807) is 42.4 Å². The highest BCUT2D eigenvalue weighted by molar-refractivity contribution is 7.99. The van der Waals surface area contributed by atoms with Gasteiger partial charge in [-0.05, 0) is 48.9 Å². The van der Waals surface area contributed by atoms with Crippen molar-refractivity contribution in [3.63, 3.8) is 0 Å². The molecule has 0 bridgehead atoms. The van der Waals surface area contributed by atoms with Crippen molar-refractivity contribution in [3.05, 3.63) is 90.5 Å². The number of aryl methyl sites for hydroxylation is 1. The van der Waals surface area contributed by atoms with Gasteiger partial charge >= 0.3 is 0 Å². The second kappa shape index (κ2) is 13.8. The van der Waals surface area contributed by atoms with E-state index in [-0.39, 0.29) is 18.4 Å². The van der Waals surface area contributed by atoms with Crippen LogP contribution in [-0.4, -0.2) is 49.5 Å². The zero-order chi connectivity index (χ0) is 27.5. The maximum absolute atomic E-state index is 12.4. The van der Waals surface area contributed by atoms with Crippen molar-refractivity contribution in [1.29, 1.82) is 0 Å². The largest absolute Gasteiger partial charge is 0.493 e. The molecule has 0 fully saturated rings. The third kappa shape index (κ3) is 7.95. The van der Waals surface area contributed by atoms with Crippen LogP contribution in [0.5, 0.6) is 11.5 Å². The second-order valence-corrected chi connectivity index (χ2v) is 9.27. The van der Waals surface area contributed by atoms with Gasteiger partial charge in [-0.25, -0.2) is 10.1 Å². The molecule has 0 spiro atoms. The summed E-state index contributed by atoms with van der Waals surface area (Å²) in [5, 5.41) is 20.7. The smallest absolute Gasteiger partial charge is 0.250 e. The normalized spacial score (nSPS) is 10.9. The minimum Gasteiger partial charge on any atom is -0.493 e. The summed E-state index contributed by atoms with van der Waals surface area (Å²) in [6.45, 7) is 7.13. The van der Waals surface area contributed by atoms with Crippen molar-refractivity contribution in [2.75, 3.05) is 18.2 Å². The SMILES string of the molecule is C=CCn1c(CNc2ccc(C)cc2)nnc1SCC(=O)N/N=C/c1ccc(OC)c(OCn2cccn2)c1. The maximum atomic E-state index is 12.4. The quantitative estimate of drug-likeness (QED) is 0.106. The highest BCUT2D eigenvalue weighted by atomic mass is 32.2. The Morgan fingerprint density at radius 1 is 1.18 bits per heavy atom. The molecule has 2 aromatic heterocycles. The molecule has 0 aliphatic carbocycles. The molecule has 2 aromatic carbocycles. The van der Waals surface area contributed by atoms with Gasteiger partial charge in [0.2, 0.25) is 0 Å². The molecule has 11 nitrogen and oxygen atoms in total. The van der Waals surface area contributed by atoms with Gasteiger partial charge in [-0.2, -0.15) is 10.2 Å². The Morgan fingerprint density at radius 3 is 2.77 bits per heavy atom. The summed E-state index contributed by atoms with van der Waals surface area (Å²) < 4.78 is 14.7. The Balaban J connectivity index is 1.30. The van der Waals surface area contributed by atoms with Gasteiger partial charge in [0, 0.05) is 24.6 Å². The van der Waals surface area contributed by atoms with Crippen LogP contribution in [0, 0.1) is 6.92 Å². The van der Waals surface area contributed by atoms with E-state index < -0.39 is 0 Å². The van der Waals surface area contributed by atoms with Gasteiger partial charge in [0.1, 0.15) is 0 Å². The first kappa shape index (κ1) is 27.5. The van der Waals surface area contributed by atoms with Crippen LogP contribution in [0.2, 0.25) is 0 Å². The summed E-state index contributed by atoms with van der Waals surface area (Å²) in [6.07, 6.45) is 6.79. The van der Waals surface area contributed by atoms with E-state index in [1.807, 2.05) is 47.9 Å². The van der Waals surface area contributed by atoms with Crippen molar-refractivity contribution in [2.45, 2.75) is 31.9 Å². The van der Waals surface area contributed by atoms with Gasteiger partial charge < -0.3 is 19.4 Å². The first-order chi connectivity index (χ1) is 19.1. The minimum atomic E-state index is -0.271. The lowest BCUT2D eigenvalue weighted by atomic mass is 10.2. The van der Waals surface area contributed by atoms with Gasteiger partial charge in [-0.15, -0.1) is 16.8 Å². The Kier molecular flexibility index (Phi) is 9.73. The van der Waals surface area contributed by atoms with Gasteiger partial charge in [0.05, 0.1) is 25.6 Å². The predicted molar refractivity (Wildman–Crippen MR) is 151 cm³/mol. The number of nitrogens with zero attached hydrogens (tertiary/aromatic N) is 6. The van der Waals surface area contributed by atoms with Gasteiger partial charge in [-0.1, -0.05) is 35.5 Å². The molecule has 0 saturated heterocycles. The van der Waals surface area contributed by atoms with Gasteiger partial charge in [0.15, 0.2) is 29.2 Å². The number of hydrogen-bond donors (Lipinski definition) is 2. The molecule has 202 valence electrons. The molecule has 0 saturated carbocycles. The van der Waals surface area contributed by atoms with Crippen molar-refractivity contribution in [3.8, 4) is 11.5 Å². The summed E-state index contributed by atoms with van der Waals surface area (Å²) in [4.78, 5) is 12.4. The zero-order valence-corrected chi connectivity index (χ0v) is 22.6. The van der Waals surface area contributed by atoms with E-state index in [2.05, 4.69) is 37.7 Å². The standard InChI is InChI=1S/C27H30N8O3S/c1-4-13-35-25(17-28-22-9-6-20(2)7-10-22)31-33-27(35)39-18-26(36)32-29-16-21-8-11-23(37-3)24(15-21)38-19-34-14-5-12-30-34/h4-12,14-16,28H,1,13,17-19H2,2-3H3,(H,32,36)/b29-16+. The molecule has 0 unspecified atom stereocenters. The number of methoxy groups -OCH3 is 1. The van der Waals surface area contributed by atoms with Crippen LogP contribution in [-0.2, 0) is 24.6 Å². The molecule has 2 heterocycles. The van der Waals surface area contributed by atoms with Crippen molar-refractivity contribution in [2.24, 2.45) is 5.10 Å². The predicted octanol–water partition coefficient (Wildman–Crippen LogP) is 3.87. The number of hydrogen-bond acceptors (Lipinski definition) is 9. The molecule has 12 heteroatoms. The number of carbonyl (C=O) groups excluding carboxylic acids is 1. The van der Waals surface area contributed by atoms with Crippen LogP contribution in [0.4, 0.5) is 5.69 Å². The second-order valence-electron chi connectivity index (χ2n) is 8.33. The molecule has 0 radical (unpaired) electrons. The number of hydrazone groups is 1. The summed E-state index contributed by atoms with van der Waals surface area (Å²) in [7, 11) is 1.57. The summed E-state index contributed by atoms with van der Waals surface area (Å²) >= 11 is 1.28. The monoisotopic (exact) mass is 546 g/mol. The van der Waals surface area contributed by atoms with Crippen LogP contribution in [0.3, 0.4) is 0 Å². The lowest BCUT2D eigenvalue weighted by Gasteiger charge is -2.11. The number of aromatic nitrogens is 5. The van der Waals surface area contributed by atoms with Crippen molar-refractivity contribution in [1.82, 2.24) is 30.0 Å². The van der Waals surface area contributed by atoms with E-state index in [4.69, 9.17) is 9.47 Å². The highest BCUT2D eigenvalue weighted by Gasteiger charge is 2.13. The third-order valence-corrected chi connectivity index (χ3v) is 6.41. The van der Waals surface area contributed by atoms with Crippen molar-refractivity contribution >= 4 is 29.6 Å². The number of carbonyl (C=O) groups is 1. The number of nitrogens with one attached hydrogen (secondary N) is 2. The molecule has 0 aliphatic heterocycles. The number of allylic oxidation sites excluding steroid dienone is 1. The van der Waals surface area contributed by atoms with Gasteiger partial charge in [-0.3, -0.25) is 4.79 Å². The molecular formula is C27H30N8O3S. The first-order valence-corrected chi connectivity index (χ1v) is 13.1. The van der Waals surface area contributed by atoms with Crippen LogP contribution in [0.1, 0.15) is 17.0 Å². The topological polar surface area (TPSA) is 120 Å². The van der Waals surface area contributed by atoms with Gasteiger partial charge in [0.25, 0.3) is 5.91 Å².